The summed E-state index contributed by atoms with van der Waals surface area (Å²) in [6.45, 7) is 0. The maximum Gasteiger partial charge on any atom is 0.136 e. The quantitative estimate of drug-likeness (QED) is 0.170. The van der Waals surface area contributed by atoms with Gasteiger partial charge < -0.3 is 9.32 Å². The fourth-order valence-corrected chi connectivity index (χ4v) is 9.53. The Morgan fingerprint density at radius 2 is 0.964 bits per heavy atom. The summed E-state index contributed by atoms with van der Waals surface area (Å²) in [5.41, 5.74) is 12.4. The Bertz CT molecular complexity index is 3190. The number of para-hydroxylation sites is 1. The lowest BCUT2D eigenvalue weighted by atomic mass is 9.95. The zero-order chi connectivity index (χ0) is 36.3. The van der Waals surface area contributed by atoms with Gasteiger partial charge in [-0.25, -0.2) is 0 Å². The van der Waals surface area contributed by atoms with Crippen molar-refractivity contribution in [1.82, 2.24) is 0 Å². The van der Waals surface area contributed by atoms with Gasteiger partial charge in [-0.2, -0.15) is 0 Å². The van der Waals surface area contributed by atoms with E-state index in [1.165, 1.54) is 69.7 Å². The van der Waals surface area contributed by atoms with Gasteiger partial charge in [-0.05, 0) is 98.8 Å². The zero-order valence-corrected chi connectivity index (χ0v) is 30.6. The van der Waals surface area contributed by atoms with Gasteiger partial charge in [0.15, 0.2) is 0 Å². The molecule has 0 spiro atoms. The lowest BCUT2D eigenvalue weighted by molar-refractivity contribution is 0.669. The second-order valence-corrected chi connectivity index (χ2v) is 15.1. The molecule has 0 N–H and O–H groups in total. The molecule has 0 aliphatic heterocycles. The summed E-state index contributed by atoms with van der Waals surface area (Å²) in [6, 6.07) is 72.2. The predicted octanol–water partition coefficient (Wildman–Crippen LogP) is 15.6. The highest BCUT2D eigenvalue weighted by Gasteiger charge is 2.17. The van der Waals surface area contributed by atoms with E-state index in [1.54, 1.807) is 0 Å². The van der Waals surface area contributed by atoms with Crippen molar-refractivity contribution in [3.63, 3.8) is 0 Å². The van der Waals surface area contributed by atoms with E-state index in [0.717, 1.165) is 33.6 Å². The van der Waals surface area contributed by atoms with E-state index in [0.29, 0.717) is 0 Å². The van der Waals surface area contributed by atoms with Gasteiger partial charge in [-0.1, -0.05) is 146 Å². The van der Waals surface area contributed by atoms with Crippen LogP contribution in [0, 0.1) is 0 Å². The van der Waals surface area contributed by atoms with Gasteiger partial charge >= 0.3 is 0 Å². The number of furan rings is 1. The van der Waals surface area contributed by atoms with Crippen LogP contribution in [0.4, 0.5) is 17.1 Å². The highest BCUT2D eigenvalue weighted by molar-refractivity contribution is 7.26. The smallest absolute Gasteiger partial charge is 0.136 e. The molecule has 2 aromatic heterocycles. The maximum atomic E-state index is 6.23. The molecule has 11 rings (SSSR count). The van der Waals surface area contributed by atoms with E-state index in [-0.39, 0.29) is 0 Å². The highest BCUT2D eigenvalue weighted by atomic mass is 32.1. The number of benzene rings is 9. The lowest BCUT2D eigenvalue weighted by Crippen LogP contribution is -2.10. The molecule has 0 bridgehead atoms. The Morgan fingerprint density at radius 1 is 0.345 bits per heavy atom. The molecule has 2 nitrogen and oxygen atoms in total. The Morgan fingerprint density at radius 3 is 1.78 bits per heavy atom. The van der Waals surface area contributed by atoms with Crippen molar-refractivity contribution in [2.24, 2.45) is 0 Å². The van der Waals surface area contributed by atoms with Crippen LogP contribution in [0.5, 0.6) is 0 Å². The van der Waals surface area contributed by atoms with Gasteiger partial charge in [0.2, 0.25) is 0 Å². The van der Waals surface area contributed by atoms with E-state index < -0.39 is 0 Å². The third-order valence-corrected chi connectivity index (χ3v) is 12.1. The maximum absolute atomic E-state index is 6.23. The van der Waals surface area contributed by atoms with Crippen molar-refractivity contribution >= 4 is 81.3 Å². The highest BCUT2D eigenvalue weighted by Crippen LogP contribution is 2.44. The minimum Gasteiger partial charge on any atom is -0.456 e. The number of anilines is 3. The Kier molecular flexibility index (Phi) is 7.39. The van der Waals surface area contributed by atoms with Crippen molar-refractivity contribution in [2.45, 2.75) is 0 Å². The summed E-state index contributed by atoms with van der Waals surface area (Å²) >= 11 is 1.87. The Hall–Kier alpha value is -6.94. The van der Waals surface area contributed by atoms with Gasteiger partial charge in [0.1, 0.15) is 11.2 Å². The second kappa shape index (κ2) is 12.9. The van der Waals surface area contributed by atoms with Crippen LogP contribution in [-0.4, -0.2) is 0 Å². The van der Waals surface area contributed by atoms with E-state index >= 15 is 0 Å². The van der Waals surface area contributed by atoms with Crippen molar-refractivity contribution in [3.05, 3.63) is 200 Å². The normalized spacial score (nSPS) is 11.6. The molecule has 0 fully saturated rings. The minimum atomic E-state index is 0.918. The van der Waals surface area contributed by atoms with Crippen LogP contribution in [-0.2, 0) is 0 Å². The van der Waals surface area contributed by atoms with Crippen molar-refractivity contribution in [1.29, 1.82) is 0 Å². The fourth-order valence-electron chi connectivity index (χ4n) is 8.29. The average Bonchev–Trinajstić information content (AvgIpc) is 3.84. The van der Waals surface area contributed by atoms with Crippen molar-refractivity contribution < 1.29 is 4.42 Å². The summed E-state index contributed by atoms with van der Waals surface area (Å²) < 4.78 is 8.87. The van der Waals surface area contributed by atoms with Gasteiger partial charge in [0.25, 0.3) is 0 Å². The third-order valence-electron chi connectivity index (χ3n) is 10.9. The molecule has 3 heteroatoms. The van der Waals surface area contributed by atoms with Crippen LogP contribution in [0.2, 0.25) is 0 Å². The molecule has 0 aliphatic rings. The number of thiophene rings is 1. The van der Waals surface area contributed by atoms with E-state index in [9.17, 15) is 0 Å². The Labute approximate surface area is 322 Å². The van der Waals surface area contributed by atoms with Gasteiger partial charge in [0.05, 0.1) is 0 Å². The molecule has 55 heavy (non-hydrogen) atoms. The number of hydrogen-bond acceptors (Lipinski definition) is 3. The molecule has 0 aliphatic carbocycles. The van der Waals surface area contributed by atoms with E-state index in [2.05, 4.69) is 193 Å². The van der Waals surface area contributed by atoms with Gasteiger partial charge in [0, 0.05) is 48.0 Å². The predicted molar refractivity (Wildman–Crippen MR) is 235 cm³/mol. The average molecular weight is 720 g/mol. The molecule has 0 unspecified atom stereocenters. The SMILES string of the molecule is c1ccc(-c2ccc(N(c3ccc(-c4cccc5c4ccc4oc6ccccc6c45)cc3)c3cccc(-c4cccc5c4sc4ccccc45)c3)cc2)cc1. The number of hydrogen-bond donors (Lipinski definition) is 0. The molecule has 258 valence electrons. The first-order chi connectivity index (χ1) is 27.3. The second-order valence-electron chi connectivity index (χ2n) is 14.1. The van der Waals surface area contributed by atoms with Crippen LogP contribution >= 0.6 is 11.3 Å². The summed E-state index contributed by atoms with van der Waals surface area (Å²) in [6.07, 6.45) is 0. The van der Waals surface area contributed by atoms with Crippen LogP contribution < -0.4 is 4.90 Å². The van der Waals surface area contributed by atoms with Crippen molar-refractivity contribution in [2.75, 3.05) is 4.90 Å². The number of rotatable bonds is 6. The molecular formula is C52H33NOS. The third kappa shape index (κ3) is 5.32. The molecule has 0 amide bonds. The largest absolute Gasteiger partial charge is 0.456 e. The lowest BCUT2D eigenvalue weighted by Gasteiger charge is -2.26. The van der Waals surface area contributed by atoms with Gasteiger partial charge in [-0.15, -0.1) is 11.3 Å². The molecular weight excluding hydrogens is 687 g/mol. The minimum absolute atomic E-state index is 0.918. The first-order valence-electron chi connectivity index (χ1n) is 18.7. The summed E-state index contributed by atoms with van der Waals surface area (Å²) in [7, 11) is 0. The molecule has 2 heterocycles. The van der Waals surface area contributed by atoms with Crippen LogP contribution in [0.3, 0.4) is 0 Å². The van der Waals surface area contributed by atoms with Crippen LogP contribution in [0.15, 0.2) is 205 Å². The molecule has 0 radical (unpaired) electrons. The van der Waals surface area contributed by atoms with Crippen LogP contribution in [0.25, 0.3) is 86.3 Å². The summed E-state index contributed by atoms with van der Waals surface area (Å²) in [4.78, 5) is 2.37. The first kappa shape index (κ1) is 31.6. The molecule has 0 atom stereocenters. The van der Waals surface area contributed by atoms with Gasteiger partial charge in [-0.3, -0.25) is 0 Å². The summed E-state index contributed by atoms with van der Waals surface area (Å²) in [5, 5.41) is 7.36. The van der Waals surface area contributed by atoms with E-state index in [1.807, 2.05) is 23.5 Å². The van der Waals surface area contributed by atoms with Crippen LogP contribution in [0.1, 0.15) is 0 Å². The molecule has 0 saturated heterocycles. The Balaban J connectivity index is 1.03. The standard InChI is InChI=1S/C52H33NOS/c1-2-11-34(12-3-1)35-23-27-38(28-24-35)53(40-14-8-13-37(33-40)42-18-10-20-46-44-15-5-7-22-50(44)55-52(42)46)39-29-25-36(26-30-39)41-17-9-19-45-43(41)31-32-49-51(45)47-16-4-6-21-48(47)54-49/h1-33H. The molecule has 0 saturated carbocycles. The van der Waals surface area contributed by atoms with E-state index in [4.69, 9.17) is 4.42 Å². The number of fused-ring (bicyclic) bond motifs is 8. The number of nitrogens with zero attached hydrogens (tertiary/aromatic N) is 1. The molecule has 11 aromatic rings. The van der Waals surface area contributed by atoms with Crippen molar-refractivity contribution in [3.8, 4) is 33.4 Å². The monoisotopic (exact) mass is 719 g/mol. The zero-order valence-electron chi connectivity index (χ0n) is 29.8. The topological polar surface area (TPSA) is 16.4 Å². The first-order valence-corrected chi connectivity index (χ1v) is 19.5. The molecule has 9 aromatic carbocycles. The fraction of sp³-hybridized carbons (Fsp3) is 0. The summed E-state index contributed by atoms with van der Waals surface area (Å²) in [5.74, 6) is 0.